The predicted octanol–water partition coefficient (Wildman–Crippen LogP) is 4.16. The molecule has 0 unspecified atom stereocenters. The number of esters is 1. The van der Waals surface area contributed by atoms with Crippen LogP contribution in [0.5, 0.6) is 5.75 Å². The smallest absolute Gasteiger partial charge is 0.337 e. The number of carbonyl (C=O) groups excluding carboxylic acids is 1. The van der Waals surface area contributed by atoms with Gasteiger partial charge < -0.3 is 14.8 Å². The number of nitrogens with one attached hydrogen (secondary N) is 1. The lowest BCUT2D eigenvalue weighted by Gasteiger charge is -2.12. The summed E-state index contributed by atoms with van der Waals surface area (Å²) in [4.78, 5) is 11.6. The average molecular weight is 361 g/mol. The van der Waals surface area contributed by atoms with Gasteiger partial charge >= 0.3 is 5.97 Å². The lowest BCUT2D eigenvalue weighted by molar-refractivity contribution is 0.0600. The molecule has 1 heterocycles. The van der Waals surface area contributed by atoms with Gasteiger partial charge in [0.1, 0.15) is 11.5 Å². The van der Waals surface area contributed by atoms with Crippen LogP contribution in [0.3, 0.4) is 0 Å². The molecule has 0 atom stereocenters. The summed E-state index contributed by atoms with van der Waals surface area (Å²) in [5.74, 6) is 1.01. The van der Waals surface area contributed by atoms with Crippen molar-refractivity contribution in [2.75, 3.05) is 20.2 Å². The molecule has 0 saturated carbocycles. The summed E-state index contributed by atoms with van der Waals surface area (Å²) in [6.07, 6.45) is 11.7. The van der Waals surface area contributed by atoms with E-state index < -0.39 is 0 Å². The van der Waals surface area contributed by atoms with E-state index in [9.17, 15) is 4.79 Å². The average Bonchev–Trinajstić information content (AvgIpc) is 2.93. The summed E-state index contributed by atoms with van der Waals surface area (Å²) in [6.45, 7) is 3.93. The molecule has 1 saturated heterocycles. The summed E-state index contributed by atoms with van der Waals surface area (Å²) >= 11 is 0. The van der Waals surface area contributed by atoms with Crippen LogP contribution in [-0.2, 0) is 4.74 Å². The van der Waals surface area contributed by atoms with E-state index in [4.69, 9.17) is 9.47 Å². The molecule has 1 aromatic carbocycles. The van der Waals surface area contributed by atoms with Gasteiger partial charge in [0.05, 0.1) is 12.7 Å². The number of carbonyl (C=O) groups is 1. The monoisotopic (exact) mass is 361 g/mol. The minimum atomic E-state index is -0.359. The third kappa shape index (κ3) is 5.22. The van der Waals surface area contributed by atoms with Crippen LogP contribution in [0.1, 0.15) is 28.8 Å². The number of aryl methyl sites for hydroxylation is 1. The zero-order valence-corrected chi connectivity index (χ0v) is 15.7. The van der Waals surface area contributed by atoms with Crippen molar-refractivity contribution in [1.82, 2.24) is 5.32 Å². The van der Waals surface area contributed by atoms with E-state index in [2.05, 4.69) is 16.8 Å². The SMILES string of the molecule is COC(=O)c1ccc(OC2=CC(C=C=C3CCNCC3)=CC=C=C2)c(C)c1. The van der Waals surface area contributed by atoms with E-state index in [1.165, 1.54) is 12.7 Å². The van der Waals surface area contributed by atoms with Gasteiger partial charge in [0.2, 0.25) is 0 Å². The van der Waals surface area contributed by atoms with Crippen molar-refractivity contribution in [2.24, 2.45) is 0 Å². The van der Waals surface area contributed by atoms with Crippen LogP contribution in [0.4, 0.5) is 0 Å². The van der Waals surface area contributed by atoms with E-state index in [-0.39, 0.29) is 5.97 Å². The van der Waals surface area contributed by atoms with Gasteiger partial charge in [0.15, 0.2) is 0 Å². The molecule has 2 aliphatic rings. The van der Waals surface area contributed by atoms with Crippen molar-refractivity contribution < 1.29 is 14.3 Å². The molecular weight excluding hydrogens is 338 g/mol. The lowest BCUT2D eigenvalue weighted by Crippen LogP contribution is -2.22. The normalized spacial score (nSPS) is 16.0. The van der Waals surface area contributed by atoms with Crippen molar-refractivity contribution in [1.29, 1.82) is 0 Å². The highest BCUT2D eigenvalue weighted by Gasteiger charge is 2.10. The molecule has 0 aromatic heterocycles. The van der Waals surface area contributed by atoms with Gasteiger partial charge in [-0.1, -0.05) is 0 Å². The molecule has 1 aliphatic carbocycles. The number of rotatable bonds is 4. The highest BCUT2D eigenvalue weighted by atomic mass is 16.5. The quantitative estimate of drug-likeness (QED) is 0.646. The highest BCUT2D eigenvalue weighted by molar-refractivity contribution is 5.89. The van der Waals surface area contributed by atoms with Gasteiger partial charge in [-0.2, -0.15) is 0 Å². The Labute approximate surface area is 159 Å². The minimum absolute atomic E-state index is 0.359. The second-order valence-corrected chi connectivity index (χ2v) is 6.41. The fourth-order valence-corrected chi connectivity index (χ4v) is 2.87. The summed E-state index contributed by atoms with van der Waals surface area (Å²) < 4.78 is 10.8. The van der Waals surface area contributed by atoms with Crippen LogP contribution in [0.25, 0.3) is 0 Å². The molecule has 0 bridgehead atoms. The van der Waals surface area contributed by atoms with Gasteiger partial charge in [0.25, 0.3) is 0 Å². The minimum Gasteiger partial charge on any atom is -0.465 e. The predicted molar refractivity (Wildman–Crippen MR) is 106 cm³/mol. The molecule has 3 rings (SSSR count). The van der Waals surface area contributed by atoms with Crippen molar-refractivity contribution in [3.05, 3.63) is 88.1 Å². The standard InChI is InChI=1S/C23H23NO3/c1-17-15-20(23(25)26-2)9-10-22(17)27-21-6-4-3-5-19(16-21)8-7-18-11-13-24-14-12-18/h3,5-6,8-10,15-16,24H,11-14H2,1-2H3. The maximum Gasteiger partial charge on any atom is 0.337 e. The van der Waals surface area contributed by atoms with E-state index in [0.717, 1.165) is 37.1 Å². The molecule has 138 valence electrons. The molecule has 0 radical (unpaired) electrons. The number of benzene rings is 1. The molecule has 1 fully saturated rings. The Balaban J connectivity index is 1.79. The fourth-order valence-electron chi connectivity index (χ4n) is 2.87. The van der Waals surface area contributed by atoms with Gasteiger partial charge in [0, 0.05) is 6.08 Å². The summed E-state index contributed by atoms with van der Waals surface area (Å²) in [5, 5.41) is 3.35. The zero-order valence-electron chi connectivity index (χ0n) is 15.7. The summed E-state index contributed by atoms with van der Waals surface area (Å²) in [6, 6.07) is 5.24. The van der Waals surface area contributed by atoms with Gasteiger partial charge in [-0.25, -0.2) is 4.79 Å². The van der Waals surface area contributed by atoms with Crippen LogP contribution >= 0.6 is 0 Å². The van der Waals surface area contributed by atoms with E-state index in [1.807, 2.05) is 31.2 Å². The van der Waals surface area contributed by atoms with Crippen molar-refractivity contribution in [3.63, 3.8) is 0 Å². The molecule has 0 amide bonds. The molecule has 1 N–H and O–H groups in total. The van der Waals surface area contributed by atoms with Crippen molar-refractivity contribution >= 4 is 5.97 Å². The Bertz CT molecular complexity index is 913. The Morgan fingerprint density at radius 2 is 2.11 bits per heavy atom. The third-order valence-corrected chi connectivity index (χ3v) is 4.38. The van der Waals surface area contributed by atoms with Crippen molar-refractivity contribution in [3.8, 4) is 5.75 Å². The van der Waals surface area contributed by atoms with Gasteiger partial charge in [-0.15, -0.1) is 11.5 Å². The van der Waals surface area contributed by atoms with E-state index >= 15 is 0 Å². The summed E-state index contributed by atoms with van der Waals surface area (Å²) in [5.41, 5.74) is 10.2. The van der Waals surface area contributed by atoms with Crippen LogP contribution in [-0.4, -0.2) is 26.2 Å². The first-order chi connectivity index (χ1) is 13.2. The second-order valence-electron chi connectivity index (χ2n) is 6.41. The fraction of sp³-hybridized carbons (Fsp3) is 0.261. The lowest BCUT2D eigenvalue weighted by atomic mass is 10.1. The van der Waals surface area contributed by atoms with E-state index in [1.54, 1.807) is 24.3 Å². The molecule has 4 heteroatoms. The first-order valence-electron chi connectivity index (χ1n) is 9.02. The van der Waals surface area contributed by atoms with E-state index in [0.29, 0.717) is 17.1 Å². The molecule has 0 spiro atoms. The van der Waals surface area contributed by atoms with Crippen LogP contribution < -0.4 is 10.1 Å². The zero-order chi connectivity index (χ0) is 19.1. The first kappa shape index (κ1) is 18.8. The Hall–Kier alpha value is -3.03. The Kier molecular flexibility index (Phi) is 6.30. The molecule has 27 heavy (non-hydrogen) atoms. The first-order valence-corrected chi connectivity index (χ1v) is 9.02. The highest BCUT2D eigenvalue weighted by Crippen LogP contribution is 2.23. The number of hydrogen-bond acceptors (Lipinski definition) is 4. The topological polar surface area (TPSA) is 47.6 Å². The largest absolute Gasteiger partial charge is 0.465 e. The third-order valence-electron chi connectivity index (χ3n) is 4.38. The number of piperidine rings is 1. The maximum absolute atomic E-state index is 11.6. The number of methoxy groups -OCH3 is 1. The van der Waals surface area contributed by atoms with Gasteiger partial charge in [-0.3, -0.25) is 0 Å². The second kappa shape index (κ2) is 9.07. The molecule has 1 aromatic rings. The Morgan fingerprint density at radius 1 is 1.30 bits per heavy atom. The summed E-state index contributed by atoms with van der Waals surface area (Å²) in [7, 11) is 1.37. The molecule has 1 aliphatic heterocycles. The van der Waals surface area contributed by atoms with Crippen LogP contribution in [0.15, 0.2) is 76.9 Å². The van der Waals surface area contributed by atoms with Gasteiger partial charge in [-0.05, 0) is 92.1 Å². The number of hydrogen-bond donors (Lipinski definition) is 1. The molecular formula is C23H23NO3. The number of allylic oxidation sites excluding steroid dienone is 4. The maximum atomic E-state index is 11.6. The molecule has 4 nitrogen and oxygen atoms in total. The number of ether oxygens (including phenoxy) is 2. The van der Waals surface area contributed by atoms with Crippen LogP contribution in [0, 0.1) is 6.92 Å². The van der Waals surface area contributed by atoms with Crippen molar-refractivity contribution in [2.45, 2.75) is 19.8 Å². The van der Waals surface area contributed by atoms with Crippen LogP contribution in [0.2, 0.25) is 0 Å². The Morgan fingerprint density at radius 3 is 2.85 bits per heavy atom.